The quantitative estimate of drug-likeness (QED) is 0.443. The first-order valence-electron chi connectivity index (χ1n) is 4.69. The second-order valence-corrected chi connectivity index (χ2v) is 3.13. The molecule has 0 aliphatic carbocycles. The molecule has 1 aliphatic heterocycles. The molecule has 0 aromatic rings. The second-order valence-electron chi connectivity index (χ2n) is 3.13. The number of carbonyl (C=O) groups excluding carboxylic acids is 1. The number of amides is 1. The lowest BCUT2D eigenvalue weighted by Crippen LogP contribution is -2.32. The molecular weight excluding hydrogens is 170 g/mol. The zero-order valence-electron chi connectivity index (χ0n) is 8.28. The van der Waals surface area contributed by atoms with Crippen LogP contribution in [0.2, 0.25) is 0 Å². The fraction of sp³-hybridized carbons (Fsp3) is 0.889. The SMILES string of the molecule is CCN(CCOCC1CO1)C(C)=O. The highest BCUT2D eigenvalue weighted by Crippen LogP contribution is 2.08. The Labute approximate surface area is 78.8 Å². The van der Waals surface area contributed by atoms with Gasteiger partial charge in [-0.1, -0.05) is 0 Å². The maximum Gasteiger partial charge on any atom is 0.219 e. The molecule has 0 N–H and O–H groups in total. The first kappa shape index (κ1) is 10.5. The van der Waals surface area contributed by atoms with Crippen LogP contribution in [0.1, 0.15) is 13.8 Å². The van der Waals surface area contributed by atoms with Crippen LogP contribution in [0.5, 0.6) is 0 Å². The van der Waals surface area contributed by atoms with Gasteiger partial charge in [-0.05, 0) is 6.92 Å². The van der Waals surface area contributed by atoms with E-state index in [4.69, 9.17) is 9.47 Å². The Morgan fingerprint density at radius 3 is 2.85 bits per heavy atom. The minimum absolute atomic E-state index is 0.105. The molecule has 1 heterocycles. The van der Waals surface area contributed by atoms with Gasteiger partial charge < -0.3 is 14.4 Å². The fourth-order valence-corrected chi connectivity index (χ4v) is 1.09. The number of likely N-dealkylation sites (N-methyl/N-ethyl adjacent to an activating group) is 1. The molecule has 0 aromatic heterocycles. The summed E-state index contributed by atoms with van der Waals surface area (Å²) >= 11 is 0. The van der Waals surface area contributed by atoms with Crippen LogP contribution in [0.25, 0.3) is 0 Å². The van der Waals surface area contributed by atoms with Crippen molar-refractivity contribution in [1.29, 1.82) is 0 Å². The van der Waals surface area contributed by atoms with Crippen LogP contribution in [0.4, 0.5) is 0 Å². The van der Waals surface area contributed by atoms with Crippen molar-refractivity contribution in [3.05, 3.63) is 0 Å². The van der Waals surface area contributed by atoms with E-state index in [1.54, 1.807) is 11.8 Å². The molecule has 76 valence electrons. The van der Waals surface area contributed by atoms with E-state index in [2.05, 4.69) is 0 Å². The van der Waals surface area contributed by atoms with E-state index in [-0.39, 0.29) is 5.91 Å². The van der Waals surface area contributed by atoms with Crippen LogP contribution >= 0.6 is 0 Å². The molecule has 13 heavy (non-hydrogen) atoms. The van der Waals surface area contributed by atoms with Gasteiger partial charge in [-0.25, -0.2) is 0 Å². The van der Waals surface area contributed by atoms with Crippen molar-refractivity contribution >= 4 is 5.91 Å². The van der Waals surface area contributed by atoms with Gasteiger partial charge in [0.2, 0.25) is 5.91 Å². The summed E-state index contributed by atoms with van der Waals surface area (Å²) in [5.74, 6) is 0.105. The molecule has 4 heteroatoms. The lowest BCUT2D eigenvalue weighted by atomic mass is 10.4. The van der Waals surface area contributed by atoms with Crippen LogP contribution in [-0.4, -0.2) is 49.8 Å². The number of hydrogen-bond acceptors (Lipinski definition) is 3. The number of hydrogen-bond donors (Lipinski definition) is 0. The van der Waals surface area contributed by atoms with Crippen LogP contribution < -0.4 is 0 Å². The van der Waals surface area contributed by atoms with Crippen LogP contribution in [0, 0.1) is 0 Å². The molecule has 1 unspecified atom stereocenters. The van der Waals surface area contributed by atoms with Gasteiger partial charge in [-0.15, -0.1) is 0 Å². The predicted molar refractivity (Wildman–Crippen MR) is 48.5 cm³/mol. The summed E-state index contributed by atoms with van der Waals surface area (Å²) in [6.45, 7) is 7.06. The normalized spacial score (nSPS) is 20.0. The highest BCUT2D eigenvalue weighted by Gasteiger charge is 2.22. The molecular formula is C9H17NO3. The zero-order valence-corrected chi connectivity index (χ0v) is 8.28. The largest absolute Gasteiger partial charge is 0.377 e. The minimum atomic E-state index is 0.105. The third-order valence-electron chi connectivity index (χ3n) is 2.04. The molecule has 0 radical (unpaired) electrons. The van der Waals surface area contributed by atoms with Crippen molar-refractivity contribution in [3.63, 3.8) is 0 Å². The Bertz CT molecular complexity index is 168. The van der Waals surface area contributed by atoms with Crippen molar-refractivity contribution in [2.75, 3.05) is 32.9 Å². The molecule has 1 fully saturated rings. The molecule has 1 rings (SSSR count). The summed E-state index contributed by atoms with van der Waals surface area (Å²) in [5, 5.41) is 0. The van der Waals surface area contributed by atoms with Gasteiger partial charge in [0.1, 0.15) is 6.10 Å². The van der Waals surface area contributed by atoms with Crippen molar-refractivity contribution in [2.24, 2.45) is 0 Å². The second kappa shape index (κ2) is 5.19. The molecule has 1 saturated heterocycles. The number of carbonyl (C=O) groups is 1. The van der Waals surface area contributed by atoms with Gasteiger partial charge in [0.05, 0.1) is 19.8 Å². The van der Waals surface area contributed by atoms with Gasteiger partial charge in [-0.2, -0.15) is 0 Å². The zero-order chi connectivity index (χ0) is 9.68. The summed E-state index contributed by atoms with van der Waals surface area (Å²) in [6, 6.07) is 0. The number of epoxide rings is 1. The van der Waals surface area contributed by atoms with E-state index in [1.165, 1.54) is 0 Å². The number of nitrogens with zero attached hydrogens (tertiary/aromatic N) is 1. The van der Waals surface area contributed by atoms with Gasteiger partial charge >= 0.3 is 0 Å². The lowest BCUT2D eigenvalue weighted by Gasteiger charge is -2.18. The Balaban J connectivity index is 1.98. The lowest BCUT2D eigenvalue weighted by molar-refractivity contribution is -0.129. The Morgan fingerprint density at radius 1 is 1.69 bits per heavy atom. The minimum Gasteiger partial charge on any atom is -0.377 e. The standard InChI is InChI=1S/C9H17NO3/c1-3-10(8(2)11)4-5-12-6-9-7-13-9/h9H,3-7H2,1-2H3. The van der Waals surface area contributed by atoms with E-state index >= 15 is 0 Å². The van der Waals surface area contributed by atoms with E-state index in [0.29, 0.717) is 25.9 Å². The molecule has 0 aromatic carbocycles. The summed E-state index contributed by atoms with van der Waals surface area (Å²) in [6.07, 6.45) is 0.312. The van der Waals surface area contributed by atoms with Gasteiger partial charge in [0.15, 0.2) is 0 Å². The average molecular weight is 187 g/mol. The molecule has 0 saturated carbocycles. The Kier molecular flexibility index (Phi) is 4.18. The van der Waals surface area contributed by atoms with E-state index in [0.717, 1.165) is 13.2 Å². The van der Waals surface area contributed by atoms with Crippen molar-refractivity contribution in [1.82, 2.24) is 4.90 Å². The summed E-state index contributed by atoms with van der Waals surface area (Å²) < 4.78 is 10.3. The van der Waals surface area contributed by atoms with Crippen LogP contribution in [0.15, 0.2) is 0 Å². The summed E-state index contributed by atoms with van der Waals surface area (Å²) in [7, 11) is 0. The average Bonchev–Trinajstić information content (AvgIpc) is 2.87. The van der Waals surface area contributed by atoms with Gasteiger partial charge in [-0.3, -0.25) is 4.79 Å². The molecule has 1 atom stereocenters. The number of ether oxygens (including phenoxy) is 2. The first-order valence-corrected chi connectivity index (χ1v) is 4.69. The van der Waals surface area contributed by atoms with E-state index < -0.39 is 0 Å². The third kappa shape index (κ3) is 4.24. The molecule has 1 aliphatic rings. The Hall–Kier alpha value is -0.610. The summed E-state index contributed by atoms with van der Waals surface area (Å²) in [5.41, 5.74) is 0. The maximum atomic E-state index is 11.0. The van der Waals surface area contributed by atoms with Crippen molar-refractivity contribution < 1.29 is 14.3 Å². The molecule has 0 bridgehead atoms. The van der Waals surface area contributed by atoms with Crippen LogP contribution in [0.3, 0.4) is 0 Å². The van der Waals surface area contributed by atoms with Crippen LogP contribution in [-0.2, 0) is 14.3 Å². The molecule has 4 nitrogen and oxygen atoms in total. The third-order valence-corrected chi connectivity index (χ3v) is 2.04. The van der Waals surface area contributed by atoms with E-state index in [1.807, 2.05) is 6.92 Å². The highest BCUT2D eigenvalue weighted by atomic mass is 16.6. The fourth-order valence-electron chi connectivity index (χ4n) is 1.09. The van der Waals surface area contributed by atoms with E-state index in [9.17, 15) is 4.79 Å². The highest BCUT2D eigenvalue weighted by molar-refractivity contribution is 5.73. The smallest absolute Gasteiger partial charge is 0.219 e. The van der Waals surface area contributed by atoms with Gasteiger partial charge in [0, 0.05) is 20.0 Å². The molecule has 0 spiro atoms. The van der Waals surface area contributed by atoms with Crippen molar-refractivity contribution in [2.45, 2.75) is 20.0 Å². The first-order chi connectivity index (χ1) is 6.24. The maximum absolute atomic E-state index is 11.0. The molecule has 1 amide bonds. The Morgan fingerprint density at radius 2 is 2.38 bits per heavy atom. The summed E-state index contributed by atoms with van der Waals surface area (Å²) in [4.78, 5) is 12.7. The topological polar surface area (TPSA) is 42.1 Å². The monoisotopic (exact) mass is 187 g/mol. The van der Waals surface area contributed by atoms with Crippen molar-refractivity contribution in [3.8, 4) is 0 Å². The predicted octanol–water partition coefficient (Wildman–Crippen LogP) is 0.270. The van der Waals surface area contributed by atoms with Gasteiger partial charge in [0.25, 0.3) is 0 Å². The number of rotatable bonds is 6.